The van der Waals surface area contributed by atoms with Gasteiger partial charge in [0.15, 0.2) is 0 Å². The first-order valence-corrected chi connectivity index (χ1v) is 7.38. The van der Waals surface area contributed by atoms with Crippen molar-refractivity contribution in [2.45, 2.75) is 46.1 Å². The summed E-state index contributed by atoms with van der Waals surface area (Å²) >= 11 is 0. The maximum absolute atomic E-state index is 5.97. The summed E-state index contributed by atoms with van der Waals surface area (Å²) in [5.41, 5.74) is 3.96. The Balaban J connectivity index is 2.11. The van der Waals surface area contributed by atoms with Gasteiger partial charge in [0, 0.05) is 0 Å². The third kappa shape index (κ3) is 3.63. The SMILES string of the molecule is CC(C)c1cccc(OCc2ccccc2C(C)C)c1. The van der Waals surface area contributed by atoms with Crippen LogP contribution < -0.4 is 4.74 Å². The van der Waals surface area contributed by atoms with Crippen molar-refractivity contribution in [2.24, 2.45) is 0 Å². The van der Waals surface area contributed by atoms with Crippen LogP contribution in [0.1, 0.15) is 56.2 Å². The number of rotatable bonds is 5. The lowest BCUT2D eigenvalue weighted by atomic mass is 9.98. The molecule has 106 valence electrons. The molecule has 0 amide bonds. The lowest BCUT2D eigenvalue weighted by Gasteiger charge is -2.14. The molecule has 2 aromatic rings. The van der Waals surface area contributed by atoms with Crippen molar-refractivity contribution in [3.63, 3.8) is 0 Å². The minimum Gasteiger partial charge on any atom is -0.489 e. The van der Waals surface area contributed by atoms with Crippen LogP contribution >= 0.6 is 0 Å². The monoisotopic (exact) mass is 268 g/mol. The van der Waals surface area contributed by atoms with Gasteiger partial charge in [0.2, 0.25) is 0 Å². The second-order valence-electron chi connectivity index (χ2n) is 5.87. The summed E-state index contributed by atoms with van der Waals surface area (Å²) in [4.78, 5) is 0. The van der Waals surface area contributed by atoms with Gasteiger partial charge in [-0.05, 0) is 40.7 Å². The van der Waals surface area contributed by atoms with Crippen LogP contribution in [0.4, 0.5) is 0 Å². The maximum Gasteiger partial charge on any atom is 0.120 e. The summed E-state index contributed by atoms with van der Waals surface area (Å²) < 4.78 is 5.97. The van der Waals surface area contributed by atoms with Crippen molar-refractivity contribution in [1.82, 2.24) is 0 Å². The molecule has 0 saturated heterocycles. The third-order valence-corrected chi connectivity index (χ3v) is 3.60. The van der Waals surface area contributed by atoms with Gasteiger partial charge in [-0.3, -0.25) is 0 Å². The fraction of sp³-hybridized carbons (Fsp3) is 0.368. The van der Waals surface area contributed by atoms with Crippen molar-refractivity contribution in [3.05, 3.63) is 65.2 Å². The number of hydrogen-bond donors (Lipinski definition) is 0. The van der Waals surface area contributed by atoms with Gasteiger partial charge in [-0.1, -0.05) is 64.1 Å². The Morgan fingerprint density at radius 2 is 1.60 bits per heavy atom. The second-order valence-corrected chi connectivity index (χ2v) is 5.87. The van der Waals surface area contributed by atoms with E-state index in [2.05, 4.69) is 70.2 Å². The molecule has 20 heavy (non-hydrogen) atoms. The molecule has 0 radical (unpaired) electrons. The van der Waals surface area contributed by atoms with Crippen molar-refractivity contribution in [2.75, 3.05) is 0 Å². The Hall–Kier alpha value is -1.76. The van der Waals surface area contributed by atoms with Gasteiger partial charge < -0.3 is 4.74 Å². The molecular formula is C19H24O. The van der Waals surface area contributed by atoms with Gasteiger partial charge in [0.25, 0.3) is 0 Å². The number of ether oxygens (including phenoxy) is 1. The molecule has 0 atom stereocenters. The summed E-state index contributed by atoms with van der Waals surface area (Å²) in [6, 6.07) is 16.9. The van der Waals surface area contributed by atoms with Crippen LogP contribution in [-0.4, -0.2) is 0 Å². The zero-order chi connectivity index (χ0) is 14.5. The third-order valence-electron chi connectivity index (χ3n) is 3.60. The molecular weight excluding hydrogens is 244 g/mol. The smallest absolute Gasteiger partial charge is 0.120 e. The average molecular weight is 268 g/mol. The van der Waals surface area contributed by atoms with E-state index in [1.165, 1.54) is 16.7 Å². The first-order valence-electron chi connectivity index (χ1n) is 7.38. The first-order chi connectivity index (χ1) is 9.58. The molecule has 2 rings (SSSR count). The Kier molecular flexibility index (Phi) is 4.84. The van der Waals surface area contributed by atoms with Gasteiger partial charge >= 0.3 is 0 Å². The van der Waals surface area contributed by atoms with Crippen LogP contribution in [0, 0.1) is 0 Å². The largest absolute Gasteiger partial charge is 0.489 e. The van der Waals surface area contributed by atoms with E-state index in [1.54, 1.807) is 0 Å². The molecule has 0 bridgehead atoms. The maximum atomic E-state index is 5.97. The molecule has 0 aliphatic carbocycles. The molecule has 0 saturated carbocycles. The Labute approximate surface area is 122 Å². The Morgan fingerprint density at radius 3 is 2.30 bits per heavy atom. The van der Waals surface area contributed by atoms with E-state index in [-0.39, 0.29) is 0 Å². The topological polar surface area (TPSA) is 9.23 Å². The summed E-state index contributed by atoms with van der Waals surface area (Å²) in [6.45, 7) is 9.48. The predicted molar refractivity (Wildman–Crippen MR) is 85.4 cm³/mol. The summed E-state index contributed by atoms with van der Waals surface area (Å²) in [6.07, 6.45) is 0. The molecule has 1 heteroatoms. The average Bonchev–Trinajstić information content (AvgIpc) is 2.45. The van der Waals surface area contributed by atoms with Crippen LogP contribution in [0.3, 0.4) is 0 Å². The van der Waals surface area contributed by atoms with E-state index in [9.17, 15) is 0 Å². The summed E-state index contributed by atoms with van der Waals surface area (Å²) in [5.74, 6) is 2.01. The van der Waals surface area contributed by atoms with Gasteiger partial charge in [-0.2, -0.15) is 0 Å². The van der Waals surface area contributed by atoms with Crippen molar-refractivity contribution in [3.8, 4) is 5.75 Å². The minimum atomic E-state index is 0.525. The Bertz CT molecular complexity index is 555. The standard InChI is InChI=1S/C19H24O/c1-14(2)16-9-7-10-18(12-16)20-13-17-8-5-6-11-19(17)15(3)4/h5-12,14-15H,13H2,1-4H3. The van der Waals surface area contributed by atoms with E-state index in [4.69, 9.17) is 4.74 Å². The highest BCUT2D eigenvalue weighted by Crippen LogP contribution is 2.23. The van der Waals surface area contributed by atoms with Crippen LogP contribution in [0.2, 0.25) is 0 Å². The molecule has 0 aliphatic heterocycles. The second kappa shape index (κ2) is 6.60. The number of hydrogen-bond acceptors (Lipinski definition) is 1. The van der Waals surface area contributed by atoms with Gasteiger partial charge in [-0.25, -0.2) is 0 Å². The van der Waals surface area contributed by atoms with E-state index in [0.717, 1.165) is 5.75 Å². The van der Waals surface area contributed by atoms with Crippen LogP contribution in [0.25, 0.3) is 0 Å². The van der Waals surface area contributed by atoms with Crippen molar-refractivity contribution in [1.29, 1.82) is 0 Å². The molecule has 0 heterocycles. The minimum absolute atomic E-state index is 0.525. The highest BCUT2D eigenvalue weighted by Gasteiger charge is 2.07. The number of benzene rings is 2. The molecule has 0 spiro atoms. The lowest BCUT2D eigenvalue weighted by molar-refractivity contribution is 0.304. The molecule has 1 nitrogen and oxygen atoms in total. The summed E-state index contributed by atoms with van der Waals surface area (Å²) in [7, 11) is 0. The van der Waals surface area contributed by atoms with Crippen molar-refractivity contribution >= 4 is 0 Å². The van der Waals surface area contributed by atoms with E-state index < -0.39 is 0 Å². The van der Waals surface area contributed by atoms with Crippen LogP contribution in [-0.2, 0) is 6.61 Å². The lowest BCUT2D eigenvalue weighted by Crippen LogP contribution is -2.01. The van der Waals surface area contributed by atoms with E-state index in [0.29, 0.717) is 18.4 Å². The summed E-state index contributed by atoms with van der Waals surface area (Å²) in [5, 5.41) is 0. The molecule has 0 unspecified atom stereocenters. The van der Waals surface area contributed by atoms with Gasteiger partial charge in [0.05, 0.1) is 0 Å². The van der Waals surface area contributed by atoms with Gasteiger partial charge in [0.1, 0.15) is 12.4 Å². The van der Waals surface area contributed by atoms with Crippen LogP contribution in [0.5, 0.6) is 5.75 Å². The highest BCUT2D eigenvalue weighted by molar-refractivity contribution is 5.32. The van der Waals surface area contributed by atoms with E-state index in [1.807, 2.05) is 6.07 Å². The van der Waals surface area contributed by atoms with Crippen molar-refractivity contribution < 1.29 is 4.74 Å². The highest BCUT2D eigenvalue weighted by atomic mass is 16.5. The predicted octanol–water partition coefficient (Wildman–Crippen LogP) is 5.51. The molecule has 0 N–H and O–H groups in total. The van der Waals surface area contributed by atoms with Crippen LogP contribution in [0.15, 0.2) is 48.5 Å². The Morgan fingerprint density at radius 1 is 0.850 bits per heavy atom. The molecule has 0 aromatic heterocycles. The molecule has 0 aliphatic rings. The zero-order valence-electron chi connectivity index (χ0n) is 12.9. The fourth-order valence-corrected chi connectivity index (χ4v) is 2.35. The fourth-order valence-electron chi connectivity index (χ4n) is 2.35. The van der Waals surface area contributed by atoms with E-state index >= 15 is 0 Å². The normalized spacial score (nSPS) is 11.1. The zero-order valence-corrected chi connectivity index (χ0v) is 12.9. The molecule has 2 aromatic carbocycles. The molecule has 0 fully saturated rings. The van der Waals surface area contributed by atoms with Gasteiger partial charge in [-0.15, -0.1) is 0 Å². The quantitative estimate of drug-likeness (QED) is 0.694. The first kappa shape index (κ1) is 14.6.